The van der Waals surface area contributed by atoms with E-state index in [0.29, 0.717) is 0 Å². The van der Waals surface area contributed by atoms with Gasteiger partial charge in [0.2, 0.25) is 0 Å². The second-order valence-corrected chi connectivity index (χ2v) is 10.7. The van der Waals surface area contributed by atoms with Gasteiger partial charge in [0.25, 0.3) is 0 Å². The number of halogens is 2. The predicted octanol–water partition coefficient (Wildman–Crippen LogP) is 4.19. The summed E-state index contributed by atoms with van der Waals surface area (Å²) in [4.78, 5) is 0. The molecule has 18 heavy (non-hydrogen) atoms. The van der Waals surface area contributed by atoms with Crippen molar-refractivity contribution in [2.75, 3.05) is 0 Å². The Kier molecular flexibility index (Phi) is 4.18. The molecule has 0 aromatic heterocycles. The minimum Gasteiger partial charge on any atom is -0.507 e. The van der Waals surface area contributed by atoms with E-state index in [1.54, 1.807) is 0 Å². The summed E-state index contributed by atoms with van der Waals surface area (Å²) in [5.41, 5.74) is -0.111. The third-order valence-corrected chi connectivity index (χ3v) is 8.03. The van der Waals surface area contributed by atoms with Crippen molar-refractivity contribution in [2.24, 2.45) is 0 Å². The van der Waals surface area contributed by atoms with E-state index < -0.39 is 20.0 Å². The van der Waals surface area contributed by atoms with Gasteiger partial charge in [-0.1, -0.05) is 20.8 Å². The minimum atomic E-state index is -2.05. The van der Waals surface area contributed by atoms with Crippen LogP contribution in [0.3, 0.4) is 0 Å². The number of rotatable bonds is 3. The zero-order chi connectivity index (χ0) is 14.1. The molecule has 0 radical (unpaired) electrons. The van der Waals surface area contributed by atoms with Crippen LogP contribution in [0.2, 0.25) is 18.1 Å². The molecule has 0 aliphatic rings. The molecular weight excluding hydrogens is 254 g/mol. The lowest BCUT2D eigenvalue weighted by Crippen LogP contribution is -2.40. The van der Waals surface area contributed by atoms with E-state index in [-0.39, 0.29) is 23.0 Å². The molecular formula is C13H20F2O2Si. The Balaban J connectivity index is 2.91. The smallest absolute Gasteiger partial charge is 0.192 e. The van der Waals surface area contributed by atoms with Crippen LogP contribution in [0, 0.1) is 11.6 Å². The molecule has 0 saturated carbocycles. The van der Waals surface area contributed by atoms with Crippen molar-refractivity contribution in [1.82, 2.24) is 0 Å². The zero-order valence-corrected chi connectivity index (χ0v) is 12.5. The van der Waals surface area contributed by atoms with Crippen molar-refractivity contribution < 1.29 is 18.3 Å². The first kappa shape index (κ1) is 15.1. The van der Waals surface area contributed by atoms with Gasteiger partial charge < -0.3 is 9.53 Å². The number of hydrogen-bond donors (Lipinski definition) is 1. The van der Waals surface area contributed by atoms with Crippen LogP contribution in [0.4, 0.5) is 8.78 Å². The maximum absolute atomic E-state index is 13.5. The van der Waals surface area contributed by atoms with E-state index >= 15 is 0 Å². The molecule has 0 spiro atoms. The minimum absolute atomic E-state index is 0.0214. The van der Waals surface area contributed by atoms with Gasteiger partial charge in [0.15, 0.2) is 20.0 Å². The summed E-state index contributed by atoms with van der Waals surface area (Å²) >= 11 is 0. The highest BCUT2D eigenvalue weighted by Gasteiger charge is 2.37. The Hall–Kier alpha value is -0.943. The summed E-state index contributed by atoms with van der Waals surface area (Å²) in [7, 11) is -2.05. The zero-order valence-electron chi connectivity index (χ0n) is 11.5. The number of hydrogen-bond acceptors (Lipinski definition) is 2. The predicted molar refractivity (Wildman–Crippen MR) is 70.0 cm³/mol. The van der Waals surface area contributed by atoms with Gasteiger partial charge in [-0.15, -0.1) is 0 Å². The van der Waals surface area contributed by atoms with Gasteiger partial charge in [0, 0.05) is 0 Å². The van der Waals surface area contributed by atoms with E-state index in [0.717, 1.165) is 12.1 Å². The van der Waals surface area contributed by atoms with E-state index in [4.69, 9.17) is 4.43 Å². The van der Waals surface area contributed by atoms with Crippen LogP contribution in [-0.2, 0) is 11.0 Å². The molecule has 5 heteroatoms. The first-order valence-electron chi connectivity index (χ1n) is 5.86. The Morgan fingerprint density at radius 2 is 1.78 bits per heavy atom. The summed E-state index contributed by atoms with van der Waals surface area (Å²) < 4.78 is 32.4. The van der Waals surface area contributed by atoms with E-state index in [1.165, 1.54) is 0 Å². The topological polar surface area (TPSA) is 29.5 Å². The monoisotopic (exact) mass is 274 g/mol. The molecule has 2 nitrogen and oxygen atoms in total. The summed E-state index contributed by atoms with van der Waals surface area (Å²) in [6, 6.07) is 2.04. The number of phenols is 1. The number of benzene rings is 1. The third kappa shape index (κ3) is 3.08. The number of aromatic hydroxyl groups is 1. The van der Waals surface area contributed by atoms with Crippen LogP contribution in [0.25, 0.3) is 0 Å². The molecule has 0 saturated heterocycles. The fourth-order valence-corrected chi connectivity index (χ4v) is 2.13. The van der Waals surface area contributed by atoms with Crippen LogP contribution in [0.15, 0.2) is 12.1 Å². The van der Waals surface area contributed by atoms with Crippen LogP contribution in [0.1, 0.15) is 26.3 Å². The summed E-state index contributed by atoms with van der Waals surface area (Å²) in [5, 5.41) is 9.52. The van der Waals surface area contributed by atoms with Gasteiger partial charge in [0.05, 0.1) is 12.2 Å². The fraction of sp³-hybridized carbons (Fsp3) is 0.538. The van der Waals surface area contributed by atoms with E-state index in [2.05, 4.69) is 20.8 Å². The van der Waals surface area contributed by atoms with Crippen molar-refractivity contribution in [2.45, 2.75) is 45.5 Å². The van der Waals surface area contributed by atoms with Crippen molar-refractivity contribution in [3.05, 3.63) is 29.3 Å². The highest BCUT2D eigenvalue weighted by molar-refractivity contribution is 6.74. The lowest BCUT2D eigenvalue weighted by molar-refractivity contribution is 0.263. The number of phenolic OH excluding ortho intramolecular Hbond substituents is 1. The first-order valence-corrected chi connectivity index (χ1v) is 8.77. The molecule has 0 fully saturated rings. The van der Waals surface area contributed by atoms with E-state index in [9.17, 15) is 13.9 Å². The Labute approximate surface area is 108 Å². The van der Waals surface area contributed by atoms with Crippen LogP contribution < -0.4 is 0 Å². The second-order valence-electron chi connectivity index (χ2n) is 5.91. The quantitative estimate of drug-likeness (QED) is 0.837. The SMILES string of the molecule is CC(C)(C)[Si](C)(C)OCc1c(O)ccc(F)c1F. The fourth-order valence-electron chi connectivity index (χ4n) is 1.19. The van der Waals surface area contributed by atoms with E-state index in [1.807, 2.05) is 13.1 Å². The highest BCUT2D eigenvalue weighted by atomic mass is 28.4. The van der Waals surface area contributed by atoms with Gasteiger partial charge in [0.1, 0.15) is 5.75 Å². The molecule has 1 aromatic rings. The largest absolute Gasteiger partial charge is 0.507 e. The van der Waals surface area contributed by atoms with Gasteiger partial charge in [-0.05, 0) is 30.3 Å². The lowest BCUT2D eigenvalue weighted by Gasteiger charge is -2.36. The average molecular weight is 274 g/mol. The van der Waals surface area contributed by atoms with Crippen molar-refractivity contribution in [3.8, 4) is 5.75 Å². The molecule has 102 valence electrons. The van der Waals surface area contributed by atoms with Crippen molar-refractivity contribution in [1.29, 1.82) is 0 Å². The molecule has 1 aromatic carbocycles. The first-order chi connectivity index (χ1) is 8.06. The van der Waals surface area contributed by atoms with Crippen LogP contribution >= 0.6 is 0 Å². The molecule has 0 aliphatic carbocycles. The molecule has 0 unspecified atom stereocenters. The molecule has 1 rings (SSSR count). The van der Waals surface area contributed by atoms with Gasteiger partial charge in [-0.3, -0.25) is 0 Å². The standard InChI is InChI=1S/C13H20F2O2Si/c1-13(2,3)18(4,5)17-8-9-11(16)7-6-10(14)12(9)15/h6-7,16H,8H2,1-5H3. The normalized spacial score (nSPS) is 12.8. The van der Waals surface area contributed by atoms with Gasteiger partial charge >= 0.3 is 0 Å². The highest BCUT2D eigenvalue weighted by Crippen LogP contribution is 2.37. The maximum Gasteiger partial charge on any atom is 0.192 e. The molecule has 0 amide bonds. The summed E-state index contributed by atoms with van der Waals surface area (Å²) in [6.45, 7) is 10.1. The third-order valence-electron chi connectivity index (χ3n) is 3.55. The Morgan fingerprint density at radius 3 is 2.28 bits per heavy atom. The molecule has 1 N–H and O–H groups in total. The summed E-state index contributed by atoms with van der Waals surface area (Å²) in [5.74, 6) is -2.28. The lowest BCUT2D eigenvalue weighted by atomic mass is 10.2. The van der Waals surface area contributed by atoms with Crippen molar-refractivity contribution >= 4 is 8.32 Å². The summed E-state index contributed by atoms with van der Waals surface area (Å²) in [6.07, 6.45) is 0. The second kappa shape index (κ2) is 4.97. The molecule has 0 atom stereocenters. The Bertz CT molecular complexity index is 439. The Morgan fingerprint density at radius 1 is 1.22 bits per heavy atom. The van der Waals surface area contributed by atoms with Gasteiger partial charge in [-0.25, -0.2) is 8.78 Å². The van der Waals surface area contributed by atoms with Crippen LogP contribution in [-0.4, -0.2) is 13.4 Å². The molecule has 0 aliphatic heterocycles. The van der Waals surface area contributed by atoms with Crippen LogP contribution in [0.5, 0.6) is 5.75 Å². The molecule has 0 heterocycles. The maximum atomic E-state index is 13.5. The molecule has 0 bridgehead atoms. The van der Waals surface area contributed by atoms with Crippen molar-refractivity contribution in [3.63, 3.8) is 0 Å². The van der Waals surface area contributed by atoms with Gasteiger partial charge in [-0.2, -0.15) is 0 Å². The average Bonchev–Trinajstić information content (AvgIpc) is 2.22.